The zero-order valence-corrected chi connectivity index (χ0v) is 19.3. The van der Waals surface area contributed by atoms with Crippen LogP contribution in [-0.2, 0) is 6.42 Å². The second-order valence-corrected chi connectivity index (χ2v) is 8.68. The van der Waals surface area contributed by atoms with Crippen LogP contribution in [0.5, 0.6) is 0 Å². The van der Waals surface area contributed by atoms with Gasteiger partial charge in [0.2, 0.25) is 0 Å². The third-order valence-electron chi connectivity index (χ3n) is 6.09. The third-order valence-corrected chi connectivity index (χ3v) is 6.09. The highest BCUT2D eigenvalue weighted by molar-refractivity contribution is 6.03. The molecule has 0 aromatic heterocycles. The molecular formula is C23H36FN7. The van der Waals surface area contributed by atoms with Crippen molar-refractivity contribution in [3.63, 3.8) is 0 Å². The molecule has 170 valence electrons. The fourth-order valence-corrected chi connectivity index (χ4v) is 4.12. The number of anilines is 1. The van der Waals surface area contributed by atoms with E-state index in [0.29, 0.717) is 17.6 Å². The molecule has 0 radical (unpaired) electrons. The van der Waals surface area contributed by atoms with E-state index in [4.69, 9.17) is 10.8 Å². The number of hydrogen-bond donors (Lipinski definition) is 1. The Balaban J connectivity index is 1.42. The molecule has 0 spiro atoms. The van der Waals surface area contributed by atoms with Gasteiger partial charge in [-0.15, -0.1) is 0 Å². The average Bonchev–Trinajstić information content (AvgIpc) is 3.26. The smallest absolute Gasteiger partial charge is 0.128 e. The number of hydrazine groups is 1. The van der Waals surface area contributed by atoms with E-state index in [-0.39, 0.29) is 5.82 Å². The van der Waals surface area contributed by atoms with Gasteiger partial charge in [0.05, 0.1) is 12.2 Å². The van der Waals surface area contributed by atoms with Crippen LogP contribution in [0.4, 0.5) is 10.1 Å². The van der Waals surface area contributed by atoms with Crippen molar-refractivity contribution < 1.29 is 4.39 Å². The van der Waals surface area contributed by atoms with Crippen LogP contribution in [0.2, 0.25) is 0 Å². The first-order valence-corrected chi connectivity index (χ1v) is 11.2. The van der Waals surface area contributed by atoms with E-state index in [0.717, 1.165) is 69.2 Å². The van der Waals surface area contributed by atoms with Gasteiger partial charge in [0.1, 0.15) is 23.8 Å². The minimum Gasteiger partial charge on any atom is -0.356 e. The monoisotopic (exact) mass is 429 g/mol. The van der Waals surface area contributed by atoms with Crippen LogP contribution in [0, 0.1) is 11.7 Å². The molecular weight excluding hydrogens is 393 g/mol. The van der Waals surface area contributed by atoms with E-state index in [9.17, 15) is 4.39 Å². The van der Waals surface area contributed by atoms with Crippen LogP contribution in [0.3, 0.4) is 0 Å². The lowest BCUT2D eigenvalue weighted by Crippen LogP contribution is -2.51. The number of aryl methyl sites for hydroxylation is 1. The molecule has 31 heavy (non-hydrogen) atoms. The lowest BCUT2D eigenvalue weighted by atomic mass is 10.0. The average molecular weight is 430 g/mol. The molecule has 1 saturated heterocycles. The summed E-state index contributed by atoms with van der Waals surface area (Å²) in [6.07, 6.45) is 4.20. The number of nitrogens with zero attached hydrogens (tertiary/aromatic N) is 6. The standard InChI is InChI=1S/C23H36FN7/c1-17(2)23-27-15-22(28-23)30-12-10-29(11-13-30)18(3)6-5-7-19-8-9-20(14-21(19)24)31(25)16-26-4/h8-9,14,16-18H,5-7,10-13,15,25H2,1-4H3. The first kappa shape index (κ1) is 23.3. The lowest BCUT2D eigenvalue weighted by Gasteiger charge is -2.39. The first-order valence-electron chi connectivity index (χ1n) is 11.2. The summed E-state index contributed by atoms with van der Waals surface area (Å²) in [6.45, 7) is 11.3. The van der Waals surface area contributed by atoms with Gasteiger partial charge in [-0.3, -0.25) is 19.9 Å². The molecule has 7 nitrogen and oxygen atoms in total. The molecule has 1 fully saturated rings. The molecule has 0 amide bonds. The largest absolute Gasteiger partial charge is 0.356 e. The van der Waals surface area contributed by atoms with Gasteiger partial charge in [0, 0.05) is 45.2 Å². The Morgan fingerprint density at radius 3 is 2.58 bits per heavy atom. The molecule has 0 saturated carbocycles. The maximum Gasteiger partial charge on any atom is 0.128 e. The zero-order chi connectivity index (χ0) is 22.4. The van der Waals surface area contributed by atoms with Crippen molar-refractivity contribution in [1.29, 1.82) is 0 Å². The van der Waals surface area contributed by atoms with Gasteiger partial charge in [-0.05, 0) is 43.9 Å². The van der Waals surface area contributed by atoms with Crippen molar-refractivity contribution in [2.75, 3.05) is 44.8 Å². The number of rotatable bonds is 8. The number of amidine groups is 2. The number of benzene rings is 1. The molecule has 3 rings (SSSR count). The molecule has 1 unspecified atom stereocenters. The lowest BCUT2D eigenvalue weighted by molar-refractivity contribution is 0.133. The Hall–Kier alpha value is -2.32. The molecule has 1 aromatic carbocycles. The van der Waals surface area contributed by atoms with Crippen LogP contribution >= 0.6 is 0 Å². The maximum atomic E-state index is 14.4. The molecule has 1 atom stereocenters. The fraction of sp³-hybridized carbons (Fsp3) is 0.609. The highest BCUT2D eigenvalue weighted by Gasteiger charge is 2.25. The molecule has 2 aliphatic rings. The number of nitrogens with two attached hydrogens (primary N) is 1. The Kier molecular flexibility index (Phi) is 8.15. The van der Waals surface area contributed by atoms with Gasteiger partial charge in [0.15, 0.2) is 0 Å². The highest BCUT2D eigenvalue weighted by atomic mass is 19.1. The van der Waals surface area contributed by atoms with E-state index in [2.05, 4.69) is 40.6 Å². The van der Waals surface area contributed by atoms with E-state index >= 15 is 0 Å². The van der Waals surface area contributed by atoms with Gasteiger partial charge in [-0.2, -0.15) is 0 Å². The third kappa shape index (κ3) is 6.11. The Bertz CT molecular complexity index is 825. The van der Waals surface area contributed by atoms with E-state index in [1.165, 1.54) is 17.4 Å². The van der Waals surface area contributed by atoms with Gasteiger partial charge in [-0.25, -0.2) is 15.2 Å². The van der Waals surface area contributed by atoms with E-state index in [1.54, 1.807) is 7.05 Å². The van der Waals surface area contributed by atoms with Crippen LogP contribution in [0.15, 0.2) is 33.2 Å². The molecule has 2 heterocycles. The molecule has 0 aliphatic carbocycles. The Morgan fingerprint density at radius 1 is 1.23 bits per heavy atom. The second-order valence-electron chi connectivity index (χ2n) is 8.68. The maximum absolute atomic E-state index is 14.4. The van der Waals surface area contributed by atoms with Gasteiger partial charge in [0.25, 0.3) is 0 Å². The number of halogens is 1. The number of aliphatic imine (C=N–C) groups is 3. The molecule has 2 aliphatic heterocycles. The quantitative estimate of drug-likeness (QED) is 0.298. The van der Waals surface area contributed by atoms with Crippen molar-refractivity contribution in [1.82, 2.24) is 9.80 Å². The van der Waals surface area contributed by atoms with Crippen LogP contribution in [0.25, 0.3) is 0 Å². The zero-order valence-electron chi connectivity index (χ0n) is 19.3. The predicted molar refractivity (Wildman–Crippen MR) is 128 cm³/mol. The van der Waals surface area contributed by atoms with Crippen molar-refractivity contribution in [3.8, 4) is 0 Å². The van der Waals surface area contributed by atoms with Crippen molar-refractivity contribution in [2.24, 2.45) is 26.7 Å². The minimum absolute atomic E-state index is 0.209. The van der Waals surface area contributed by atoms with Crippen molar-refractivity contribution >= 4 is 23.7 Å². The Labute approximate surface area is 185 Å². The fourth-order valence-electron chi connectivity index (χ4n) is 4.12. The SMILES string of the molecule is CN=CN(N)c1ccc(CCCC(C)N2CCN(C3=NC(C(C)C)=NC3)CC2)c(F)c1. The molecule has 1 aromatic rings. The highest BCUT2D eigenvalue weighted by Crippen LogP contribution is 2.20. The predicted octanol–water partition coefficient (Wildman–Crippen LogP) is 2.96. The van der Waals surface area contributed by atoms with Gasteiger partial charge < -0.3 is 4.90 Å². The summed E-state index contributed by atoms with van der Waals surface area (Å²) in [4.78, 5) is 18.0. The first-order chi connectivity index (χ1) is 14.9. The van der Waals surface area contributed by atoms with Crippen LogP contribution in [-0.4, -0.2) is 73.6 Å². The van der Waals surface area contributed by atoms with Crippen molar-refractivity contribution in [3.05, 3.63) is 29.6 Å². The second kappa shape index (κ2) is 10.8. The van der Waals surface area contributed by atoms with Crippen LogP contribution in [0.1, 0.15) is 39.2 Å². The Morgan fingerprint density at radius 2 is 1.97 bits per heavy atom. The normalized spacial score (nSPS) is 18.6. The molecule has 8 heteroatoms. The van der Waals surface area contributed by atoms with E-state index < -0.39 is 0 Å². The summed E-state index contributed by atoms with van der Waals surface area (Å²) in [5, 5.41) is 1.32. The number of piperazine rings is 1. The van der Waals surface area contributed by atoms with E-state index in [1.807, 2.05) is 12.1 Å². The summed E-state index contributed by atoms with van der Waals surface area (Å²) >= 11 is 0. The molecule has 2 N–H and O–H groups in total. The summed E-state index contributed by atoms with van der Waals surface area (Å²) < 4.78 is 14.4. The summed E-state index contributed by atoms with van der Waals surface area (Å²) in [5.41, 5.74) is 1.33. The molecule has 0 bridgehead atoms. The van der Waals surface area contributed by atoms with Gasteiger partial charge >= 0.3 is 0 Å². The number of hydrogen-bond acceptors (Lipinski definition) is 6. The minimum atomic E-state index is -0.209. The van der Waals surface area contributed by atoms with Gasteiger partial charge in [-0.1, -0.05) is 19.9 Å². The van der Waals surface area contributed by atoms with Crippen molar-refractivity contribution in [2.45, 2.75) is 46.1 Å². The van der Waals surface area contributed by atoms with Crippen LogP contribution < -0.4 is 10.9 Å². The summed E-state index contributed by atoms with van der Waals surface area (Å²) in [6, 6.07) is 5.62. The summed E-state index contributed by atoms with van der Waals surface area (Å²) in [5.74, 6) is 8.09. The topological polar surface area (TPSA) is 72.8 Å². The summed E-state index contributed by atoms with van der Waals surface area (Å²) in [7, 11) is 1.63.